The molecule has 2 aliphatic rings. The largest absolute Gasteiger partial charge is 0.467 e. The molecule has 0 radical (unpaired) electrons. The number of methoxy groups -OCH3 is 1. The fraction of sp³-hybridized carbons (Fsp3) is 0.263. The van der Waals surface area contributed by atoms with Crippen LogP contribution in [0.15, 0.2) is 42.5 Å². The molecule has 2 aromatic carbocycles. The van der Waals surface area contributed by atoms with Crippen LogP contribution >= 0.6 is 0 Å². The Bertz CT molecular complexity index is 931. The summed E-state index contributed by atoms with van der Waals surface area (Å²) in [6.45, 7) is 0.393. The highest BCUT2D eigenvalue weighted by Gasteiger charge is 2.59. The Labute approximate surface area is 149 Å². The number of nitro groups is 1. The maximum atomic E-state index is 12.9. The van der Waals surface area contributed by atoms with Crippen molar-refractivity contribution in [1.29, 1.82) is 0 Å². The number of carbonyl (C=O) groups is 2. The SMILES string of the molecule is COC(=O)C1(N2Cc3ccc(-c4ccc([N+](=O)[O-])cc4)cc3C2=O)CC1. The molecule has 0 unspecified atom stereocenters. The van der Waals surface area contributed by atoms with Gasteiger partial charge in [-0.05, 0) is 47.7 Å². The van der Waals surface area contributed by atoms with Gasteiger partial charge in [-0.25, -0.2) is 4.79 Å². The number of amides is 1. The third-order valence-electron chi connectivity index (χ3n) is 5.13. The number of ether oxygens (including phenoxy) is 1. The molecule has 1 aliphatic heterocycles. The lowest BCUT2D eigenvalue weighted by molar-refractivity contribution is -0.384. The van der Waals surface area contributed by atoms with Crippen LogP contribution in [0.4, 0.5) is 5.69 Å². The van der Waals surface area contributed by atoms with Gasteiger partial charge in [0, 0.05) is 24.2 Å². The molecule has 1 amide bonds. The van der Waals surface area contributed by atoms with Crippen molar-refractivity contribution in [1.82, 2.24) is 4.90 Å². The van der Waals surface area contributed by atoms with Crippen molar-refractivity contribution in [2.45, 2.75) is 24.9 Å². The number of hydrogen-bond acceptors (Lipinski definition) is 5. The molecule has 1 saturated carbocycles. The summed E-state index contributed by atoms with van der Waals surface area (Å²) in [6.07, 6.45) is 1.24. The quantitative estimate of drug-likeness (QED) is 0.479. The number of rotatable bonds is 4. The van der Waals surface area contributed by atoms with Crippen LogP contribution in [0, 0.1) is 10.1 Å². The normalized spacial score (nSPS) is 17.0. The first-order valence-corrected chi connectivity index (χ1v) is 8.24. The van der Waals surface area contributed by atoms with Crippen molar-refractivity contribution >= 4 is 17.6 Å². The topological polar surface area (TPSA) is 89.8 Å². The summed E-state index contributed by atoms with van der Waals surface area (Å²) in [7, 11) is 1.34. The number of nitro benzene ring substituents is 1. The average Bonchev–Trinajstić information content (AvgIpc) is 3.40. The van der Waals surface area contributed by atoms with E-state index >= 15 is 0 Å². The second-order valence-corrected chi connectivity index (χ2v) is 6.59. The van der Waals surface area contributed by atoms with Crippen molar-refractivity contribution in [2.75, 3.05) is 7.11 Å². The van der Waals surface area contributed by atoms with Crippen LogP contribution in [0.1, 0.15) is 28.8 Å². The molecule has 7 heteroatoms. The number of nitrogens with zero attached hydrogens (tertiary/aromatic N) is 2. The van der Waals surface area contributed by atoms with Crippen LogP contribution in [0.2, 0.25) is 0 Å². The van der Waals surface area contributed by atoms with E-state index in [9.17, 15) is 19.7 Å². The van der Waals surface area contributed by atoms with Gasteiger partial charge in [0.15, 0.2) is 0 Å². The van der Waals surface area contributed by atoms with E-state index in [1.807, 2.05) is 12.1 Å². The zero-order chi connectivity index (χ0) is 18.5. The molecule has 1 fully saturated rings. The smallest absolute Gasteiger partial charge is 0.331 e. The predicted octanol–water partition coefficient (Wildman–Crippen LogP) is 2.92. The fourth-order valence-corrected chi connectivity index (χ4v) is 3.49. The maximum Gasteiger partial charge on any atom is 0.331 e. The van der Waals surface area contributed by atoms with Gasteiger partial charge >= 0.3 is 5.97 Å². The molecule has 0 N–H and O–H groups in total. The van der Waals surface area contributed by atoms with E-state index in [1.54, 1.807) is 23.1 Å². The number of non-ortho nitro benzene ring substituents is 1. The van der Waals surface area contributed by atoms with E-state index in [0.29, 0.717) is 24.9 Å². The number of benzene rings is 2. The van der Waals surface area contributed by atoms with E-state index in [2.05, 4.69) is 0 Å². The number of esters is 1. The Kier molecular flexibility index (Phi) is 3.54. The first kappa shape index (κ1) is 16.3. The predicted molar refractivity (Wildman–Crippen MR) is 92.4 cm³/mol. The molecule has 26 heavy (non-hydrogen) atoms. The lowest BCUT2D eigenvalue weighted by Gasteiger charge is -2.25. The van der Waals surface area contributed by atoms with Gasteiger partial charge in [0.05, 0.1) is 12.0 Å². The Morgan fingerprint density at radius 2 is 1.81 bits per heavy atom. The molecule has 7 nitrogen and oxygen atoms in total. The lowest BCUT2D eigenvalue weighted by Crippen LogP contribution is -2.44. The second kappa shape index (κ2) is 5.66. The van der Waals surface area contributed by atoms with Crippen LogP contribution in [0.5, 0.6) is 0 Å². The van der Waals surface area contributed by atoms with Crippen molar-refractivity contribution in [2.24, 2.45) is 0 Å². The Morgan fingerprint density at radius 3 is 2.38 bits per heavy atom. The minimum absolute atomic E-state index is 0.0194. The minimum atomic E-state index is -0.821. The third-order valence-corrected chi connectivity index (χ3v) is 5.13. The number of carbonyl (C=O) groups excluding carboxylic acids is 2. The highest BCUT2D eigenvalue weighted by molar-refractivity contribution is 6.03. The molecule has 1 heterocycles. The lowest BCUT2D eigenvalue weighted by atomic mass is 10.0. The van der Waals surface area contributed by atoms with E-state index < -0.39 is 10.5 Å². The van der Waals surface area contributed by atoms with Crippen LogP contribution in [-0.2, 0) is 16.1 Å². The molecule has 0 atom stereocenters. The molecule has 2 aromatic rings. The summed E-state index contributed by atoms with van der Waals surface area (Å²) < 4.78 is 4.87. The fourth-order valence-electron chi connectivity index (χ4n) is 3.49. The van der Waals surface area contributed by atoms with Crippen molar-refractivity contribution in [3.8, 4) is 11.1 Å². The Morgan fingerprint density at radius 1 is 1.15 bits per heavy atom. The molecule has 0 bridgehead atoms. The van der Waals surface area contributed by atoms with Crippen molar-refractivity contribution in [3.05, 3.63) is 63.7 Å². The summed E-state index contributed by atoms with van der Waals surface area (Å²) in [4.78, 5) is 36.9. The minimum Gasteiger partial charge on any atom is -0.467 e. The molecular formula is C19H16N2O5. The van der Waals surface area contributed by atoms with Gasteiger partial charge in [-0.15, -0.1) is 0 Å². The first-order chi connectivity index (χ1) is 12.5. The van der Waals surface area contributed by atoms with E-state index in [4.69, 9.17) is 4.74 Å². The van der Waals surface area contributed by atoms with Crippen molar-refractivity contribution < 1.29 is 19.2 Å². The van der Waals surface area contributed by atoms with Crippen LogP contribution in [0.3, 0.4) is 0 Å². The van der Waals surface area contributed by atoms with Gasteiger partial charge in [-0.1, -0.05) is 12.1 Å². The molecule has 0 spiro atoms. The molecule has 0 aromatic heterocycles. The molecule has 1 aliphatic carbocycles. The van der Waals surface area contributed by atoms with Gasteiger partial charge in [0.25, 0.3) is 11.6 Å². The summed E-state index contributed by atoms with van der Waals surface area (Å²) in [5.74, 6) is -0.541. The monoisotopic (exact) mass is 352 g/mol. The standard InChI is InChI=1S/C19H16N2O5/c1-26-18(23)19(8-9-19)20-11-14-3-2-13(10-16(14)17(20)22)12-4-6-15(7-5-12)21(24)25/h2-7,10H,8-9,11H2,1H3. The van der Waals surface area contributed by atoms with Gasteiger partial charge in [-0.3, -0.25) is 14.9 Å². The van der Waals surface area contributed by atoms with Crippen LogP contribution in [0.25, 0.3) is 11.1 Å². The van der Waals surface area contributed by atoms with Gasteiger partial charge in [0.2, 0.25) is 0 Å². The summed E-state index contributed by atoms with van der Waals surface area (Å²) in [5.41, 5.74) is 2.23. The van der Waals surface area contributed by atoms with E-state index in [1.165, 1.54) is 19.2 Å². The zero-order valence-electron chi connectivity index (χ0n) is 14.1. The highest BCUT2D eigenvalue weighted by Crippen LogP contribution is 2.47. The summed E-state index contributed by atoms with van der Waals surface area (Å²) >= 11 is 0. The van der Waals surface area contributed by atoms with Gasteiger partial charge in [-0.2, -0.15) is 0 Å². The third kappa shape index (κ3) is 2.35. The van der Waals surface area contributed by atoms with Crippen LogP contribution in [-0.4, -0.2) is 34.3 Å². The van der Waals surface area contributed by atoms with Crippen LogP contribution < -0.4 is 0 Å². The molecule has 132 valence electrons. The van der Waals surface area contributed by atoms with E-state index in [0.717, 1.165) is 16.7 Å². The van der Waals surface area contributed by atoms with Gasteiger partial charge < -0.3 is 9.64 Å². The second-order valence-electron chi connectivity index (χ2n) is 6.59. The number of fused-ring (bicyclic) bond motifs is 1. The Hall–Kier alpha value is -3.22. The highest BCUT2D eigenvalue weighted by atomic mass is 16.6. The zero-order valence-corrected chi connectivity index (χ0v) is 14.1. The molecular weight excluding hydrogens is 336 g/mol. The van der Waals surface area contributed by atoms with E-state index in [-0.39, 0.29) is 17.6 Å². The summed E-state index contributed by atoms with van der Waals surface area (Å²) in [5, 5.41) is 10.8. The summed E-state index contributed by atoms with van der Waals surface area (Å²) in [6, 6.07) is 11.7. The molecule has 4 rings (SSSR count). The van der Waals surface area contributed by atoms with Crippen molar-refractivity contribution in [3.63, 3.8) is 0 Å². The maximum absolute atomic E-state index is 12.9. The Balaban J connectivity index is 1.65. The number of hydrogen-bond donors (Lipinski definition) is 0. The molecule has 0 saturated heterocycles. The first-order valence-electron chi connectivity index (χ1n) is 8.24. The average molecular weight is 352 g/mol. The van der Waals surface area contributed by atoms with Gasteiger partial charge in [0.1, 0.15) is 5.54 Å².